The summed E-state index contributed by atoms with van der Waals surface area (Å²) in [4.78, 5) is 11.4. The standard InChI is InChI=1S/C11H15F6NO2/c12-10(13,14)7(11(15,16)17)8(20)18-9(6-19)4-2-1-3-5-9/h7,19H,1-6H2,(H,18,20). The molecule has 0 atom stereocenters. The molecule has 0 bridgehead atoms. The largest absolute Gasteiger partial charge is 0.409 e. The number of alkyl halides is 6. The van der Waals surface area contributed by atoms with Crippen LogP contribution in [-0.4, -0.2) is 35.5 Å². The fourth-order valence-corrected chi connectivity index (χ4v) is 2.37. The first-order valence-electron chi connectivity index (χ1n) is 6.08. The van der Waals surface area contributed by atoms with Crippen LogP contribution >= 0.6 is 0 Å². The van der Waals surface area contributed by atoms with Gasteiger partial charge >= 0.3 is 12.4 Å². The van der Waals surface area contributed by atoms with Crippen LogP contribution < -0.4 is 5.32 Å². The van der Waals surface area contributed by atoms with Crippen molar-refractivity contribution in [2.75, 3.05) is 6.61 Å². The molecule has 0 aliphatic heterocycles. The van der Waals surface area contributed by atoms with Crippen LogP contribution in [-0.2, 0) is 4.79 Å². The molecule has 1 rings (SSSR count). The maximum atomic E-state index is 12.4. The molecular formula is C11H15F6NO2. The second-order valence-corrected chi connectivity index (χ2v) is 5.00. The Balaban J connectivity index is 2.91. The third-order valence-electron chi connectivity index (χ3n) is 3.42. The summed E-state index contributed by atoms with van der Waals surface area (Å²) in [7, 11) is 0. The van der Waals surface area contributed by atoms with Crippen molar-refractivity contribution >= 4 is 5.91 Å². The zero-order chi connectivity index (χ0) is 15.6. The van der Waals surface area contributed by atoms with E-state index >= 15 is 0 Å². The minimum atomic E-state index is -5.71. The lowest BCUT2D eigenvalue weighted by Gasteiger charge is -2.37. The Labute approximate surface area is 111 Å². The maximum absolute atomic E-state index is 12.4. The van der Waals surface area contributed by atoms with Gasteiger partial charge in [-0.2, -0.15) is 26.3 Å². The fourth-order valence-electron chi connectivity index (χ4n) is 2.37. The van der Waals surface area contributed by atoms with Crippen molar-refractivity contribution in [1.29, 1.82) is 0 Å². The molecule has 1 fully saturated rings. The van der Waals surface area contributed by atoms with E-state index in [1.807, 2.05) is 0 Å². The van der Waals surface area contributed by atoms with E-state index < -0.39 is 36.3 Å². The molecule has 0 radical (unpaired) electrons. The highest BCUT2D eigenvalue weighted by molar-refractivity contribution is 5.81. The number of carbonyl (C=O) groups excluding carboxylic acids is 1. The molecule has 1 aliphatic rings. The molecule has 0 aromatic carbocycles. The van der Waals surface area contributed by atoms with Crippen LogP contribution in [0.1, 0.15) is 32.1 Å². The monoisotopic (exact) mass is 307 g/mol. The topological polar surface area (TPSA) is 49.3 Å². The third kappa shape index (κ3) is 4.00. The van der Waals surface area contributed by atoms with E-state index in [9.17, 15) is 36.2 Å². The van der Waals surface area contributed by atoms with Gasteiger partial charge in [-0.05, 0) is 12.8 Å². The van der Waals surface area contributed by atoms with Gasteiger partial charge in [-0.25, -0.2) is 0 Å². The second kappa shape index (κ2) is 5.79. The van der Waals surface area contributed by atoms with Crippen molar-refractivity contribution in [1.82, 2.24) is 5.32 Å². The minimum absolute atomic E-state index is 0.164. The Kier molecular flexibility index (Phi) is 4.94. The number of hydrogen-bond acceptors (Lipinski definition) is 2. The average molecular weight is 307 g/mol. The minimum Gasteiger partial charge on any atom is -0.394 e. The highest BCUT2D eigenvalue weighted by Crippen LogP contribution is 2.40. The predicted octanol–water partition coefficient (Wildman–Crippen LogP) is 2.54. The van der Waals surface area contributed by atoms with E-state index in [1.54, 1.807) is 5.32 Å². The first-order chi connectivity index (χ1) is 9.02. The molecule has 0 heterocycles. The van der Waals surface area contributed by atoms with Crippen molar-refractivity contribution in [3.63, 3.8) is 0 Å². The summed E-state index contributed by atoms with van der Waals surface area (Å²) in [6.07, 6.45) is -9.27. The lowest BCUT2D eigenvalue weighted by atomic mass is 9.82. The van der Waals surface area contributed by atoms with Crippen molar-refractivity contribution in [2.45, 2.75) is 50.0 Å². The van der Waals surface area contributed by atoms with Crippen LogP contribution in [0.3, 0.4) is 0 Å². The lowest BCUT2D eigenvalue weighted by Crippen LogP contribution is -2.58. The SMILES string of the molecule is O=C(NC1(CO)CCCCC1)C(C(F)(F)F)C(F)(F)F. The Bertz CT molecular complexity index is 332. The van der Waals surface area contributed by atoms with Gasteiger partial charge in [-0.1, -0.05) is 19.3 Å². The van der Waals surface area contributed by atoms with Crippen LogP contribution in [0.25, 0.3) is 0 Å². The van der Waals surface area contributed by atoms with E-state index in [-0.39, 0.29) is 12.8 Å². The molecule has 1 aliphatic carbocycles. The normalized spacial score (nSPS) is 20.0. The number of aliphatic hydroxyl groups excluding tert-OH is 1. The second-order valence-electron chi connectivity index (χ2n) is 5.00. The van der Waals surface area contributed by atoms with Gasteiger partial charge in [0.2, 0.25) is 11.8 Å². The molecule has 20 heavy (non-hydrogen) atoms. The van der Waals surface area contributed by atoms with E-state index in [2.05, 4.69) is 0 Å². The summed E-state index contributed by atoms with van der Waals surface area (Å²) in [6, 6.07) is 0. The summed E-state index contributed by atoms with van der Waals surface area (Å²) >= 11 is 0. The Morgan fingerprint density at radius 2 is 1.50 bits per heavy atom. The lowest BCUT2D eigenvalue weighted by molar-refractivity contribution is -0.274. The zero-order valence-electron chi connectivity index (χ0n) is 10.4. The Morgan fingerprint density at radius 1 is 1.05 bits per heavy atom. The number of rotatable bonds is 3. The van der Waals surface area contributed by atoms with Gasteiger partial charge in [-0.15, -0.1) is 0 Å². The van der Waals surface area contributed by atoms with E-state index in [0.29, 0.717) is 12.8 Å². The van der Waals surface area contributed by atoms with Crippen LogP contribution in [0.4, 0.5) is 26.3 Å². The molecule has 0 unspecified atom stereocenters. The number of hydrogen-bond donors (Lipinski definition) is 2. The summed E-state index contributed by atoms with van der Waals surface area (Å²) in [5.41, 5.74) is -1.38. The molecule has 9 heteroatoms. The summed E-state index contributed by atoms with van der Waals surface area (Å²) in [5.74, 6) is -6.22. The summed E-state index contributed by atoms with van der Waals surface area (Å²) < 4.78 is 74.4. The van der Waals surface area contributed by atoms with Crippen LogP contribution in [0.2, 0.25) is 0 Å². The van der Waals surface area contributed by atoms with E-state index in [0.717, 1.165) is 6.42 Å². The molecular weight excluding hydrogens is 292 g/mol. The average Bonchev–Trinajstić information content (AvgIpc) is 2.25. The molecule has 118 valence electrons. The number of halogens is 6. The van der Waals surface area contributed by atoms with Gasteiger partial charge in [0.1, 0.15) is 0 Å². The van der Waals surface area contributed by atoms with E-state index in [1.165, 1.54) is 0 Å². The highest BCUT2D eigenvalue weighted by Gasteiger charge is 2.61. The number of amides is 1. The molecule has 0 aromatic rings. The van der Waals surface area contributed by atoms with Gasteiger partial charge in [0.25, 0.3) is 0 Å². The van der Waals surface area contributed by atoms with Crippen molar-refractivity contribution in [2.24, 2.45) is 5.92 Å². The molecule has 2 N–H and O–H groups in total. The third-order valence-corrected chi connectivity index (χ3v) is 3.42. The highest BCUT2D eigenvalue weighted by atomic mass is 19.4. The van der Waals surface area contributed by atoms with Crippen LogP contribution in [0.15, 0.2) is 0 Å². The molecule has 0 saturated heterocycles. The molecule has 0 spiro atoms. The van der Waals surface area contributed by atoms with E-state index in [4.69, 9.17) is 0 Å². The zero-order valence-corrected chi connectivity index (χ0v) is 10.4. The Morgan fingerprint density at radius 3 is 1.85 bits per heavy atom. The van der Waals surface area contributed by atoms with Gasteiger partial charge in [0.05, 0.1) is 12.1 Å². The fraction of sp³-hybridized carbons (Fsp3) is 0.909. The maximum Gasteiger partial charge on any atom is 0.409 e. The summed E-state index contributed by atoms with van der Waals surface area (Å²) in [5, 5.41) is 11.0. The first kappa shape index (κ1) is 17.1. The number of carbonyl (C=O) groups is 1. The quantitative estimate of drug-likeness (QED) is 0.787. The van der Waals surface area contributed by atoms with Crippen molar-refractivity contribution in [3.05, 3.63) is 0 Å². The smallest absolute Gasteiger partial charge is 0.394 e. The van der Waals surface area contributed by atoms with Crippen LogP contribution in [0, 0.1) is 5.92 Å². The predicted molar refractivity (Wildman–Crippen MR) is 56.6 cm³/mol. The molecule has 1 amide bonds. The van der Waals surface area contributed by atoms with Crippen LogP contribution in [0.5, 0.6) is 0 Å². The Hall–Kier alpha value is -0.990. The number of nitrogens with one attached hydrogen (secondary N) is 1. The molecule has 3 nitrogen and oxygen atoms in total. The van der Waals surface area contributed by atoms with Crippen molar-refractivity contribution in [3.8, 4) is 0 Å². The van der Waals surface area contributed by atoms with Gasteiger partial charge < -0.3 is 10.4 Å². The van der Waals surface area contributed by atoms with Crippen molar-refractivity contribution < 1.29 is 36.2 Å². The van der Waals surface area contributed by atoms with Gasteiger partial charge in [-0.3, -0.25) is 4.79 Å². The molecule has 0 aromatic heterocycles. The summed E-state index contributed by atoms with van der Waals surface area (Å²) in [6.45, 7) is -0.679. The van der Waals surface area contributed by atoms with Gasteiger partial charge in [0.15, 0.2) is 0 Å². The first-order valence-corrected chi connectivity index (χ1v) is 6.08. The number of aliphatic hydroxyl groups is 1. The molecule has 1 saturated carbocycles. The van der Waals surface area contributed by atoms with Gasteiger partial charge in [0, 0.05) is 0 Å².